The maximum Gasteiger partial charge on any atom is 0.153 e. The highest BCUT2D eigenvalue weighted by molar-refractivity contribution is 5.56. The van der Waals surface area contributed by atoms with Gasteiger partial charge >= 0.3 is 0 Å². The van der Waals surface area contributed by atoms with Gasteiger partial charge in [0.2, 0.25) is 0 Å². The molecule has 0 spiro atoms. The molecular weight excluding hydrogens is 264 g/mol. The van der Waals surface area contributed by atoms with Crippen LogP contribution in [-0.4, -0.2) is 52.1 Å². The summed E-state index contributed by atoms with van der Waals surface area (Å²) in [4.78, 5) is 9.51. The number of piperazine rings is 1. The third-order valence-corrected chi connectivity index (χ3v) is 4.05. The quantitative estimate of drug-likeness (QED) is 0.928. The van der Waals surface area contributed by atoms with Crippen molar-refractivity contribution in [3.8, 4) is 0 Å². The van der Waals surface area contributed by atoms with E-state index in [0.29, 0.717) is 5.92 Å². The van der Waals surface area contributed by atoms with Crippen molar-refractivity contribution in [1.82, 2.24) is 14.3 Å². The normalized spacial score (nSPS) is 17.0. The van der Waals surface area contributed by atoms with Crippen LogP contribution in [0.2, 0.25) is 0 Å². The van der Waals surface area contributed by atoms with Crippen molar-refractivity contribution in [3.63, 3.8) is 0 Å². The third-order valence-electron chi connectivity index (χ3n) is 4.05. The summed E-state index contributed by atoms with van der Waals surface area (Å²) in [5, 5.41) is 9.71. The number of nitrogens with zero attached hydrogens (tertiary/aromatic N) is 4. The van der Waals surface area contributed by atoms with Gasteiger partial charge in [0, 0.05) is 38.9 Å². The van der Waals surface area contributed by atoms with Crippen molar-refractivity contribution in [2.75, 3.05) is 37.6 Å². The number of imidazole rings is 1. The molecule has 0 amide bonds. The molecule has 3 heterocycles. The van der Waals surface area contributed by atoms with Crippen LogP contribution in [0.4, 0.5) is 5.82 Å². The van der Waals surface area contributed by atoms with Crippen molar-refractivity contribution in [1.29, 1.82) is 0 Å². The fourth-order valence-electron chi connectivity index (χ4n) is 3.09. The van der Waals surface area contributed by atoms with E-state index in [9.17, 15) is 5.11 Å². The van der Waals surface area contributed by atoms with Gasteiger partial charge < -0.3 is 10.0 Å². The van der Waals surface area contributed by atoms with Crippen LogP contribution in [0, 0.1) is 5.92 Å². The summed E-state index contributed by atoms with van der Waals surface area (Å²) in [7, 11) is 0. The molecule has 1 saturated heterocycles. The lowest BCUT2D eigenvalue weighted by Gasteiger charge is -2.36. The molecule has 0 radical (unpaired) electrons. The average molecular weight is 288 g/mol. The molecule has 114 valence electrons. The summed E-state index contributed by atoms with van der Waals surface area (Å²) >= 11 is 0. The zero-order chi connectivity index (χ0) is 14.8. The van der Waals surface area contributed by atoms with Gasteiger partial charge in [0.25, 0.3) is 0 Å². The Labute approximate surface area is 125 Å². The minimum atomic E-state index is 0.0206. The minimum absolute atomic E-state index is 0.0206. The zero-order valence-electron chi connectivity index (χ0n) is 12.9. The van der Waals surface area contributed by atoms with Gasteiger partial charge in [-0.1, -0.05) is 19.9 Å². The number of aromatic nitrogens is 2. The number of aliphatic hydroxyl groups is 1. The number of fused-ring (bicyclic) bond motifs is 1. The summed E-state index contributed by atoms with van der Waals surface area (Å²) in [5.74, 6) is 1.65. The summed E-state index contributed by atoms with van der Waals surface area (Å²) in [5.41, 5.74) is 1.80. The maximum absolute atomic E-state index is 9.71. The van der Waals surface area contributed by atoms with Gasteiger partial charge in [-0.2, -0.15) is 0 Å². The summed E-state index contributed by atoms with van der Waals surface area (Å²) in [6.07, 6.45) is 1.96. The van der Waals surface area contributed by atoms with E-state index in [0.717, 1.165) is 49.9 Å². The highest BCUT2D eigenvalue weighted by Crippen LogP contribution is 2.23. The van der Waals surface area contributed by atoms with Crippen molar-refractivity contribution in [2.24, 2.45) is 5.92 Å². The van der Waals surface area contributed by atoms with E-state index in [-0.39, 0.29) is 6.61 Å². The summed E-state index contributed by atoms with van der Waals surface area (Å²) in [6, 6.07) is 5.93. The van der Waals surface area contributed by atoms with E-state index in [1.165, 1.54) is 0 Å². The lowest BCUT2D eigenvalue weighted by atomic mass is 10.2. The summed E-state index contributed by atoms with van der Waals surface area (Å²) < 4.78 is 1.98. The van der Waals surface area contributed by atoms with Crippen molar-refractivity contribution in [2.45, 2.75) is 20.5 Å². The van der Waals surface area contributed by atoms with Crippen molar-refractivity contribution in [3.05, 3.63) is 30.1 Å². The Morgan fingerprint density at radius 3 is 2.62 bits per heavy atom. The highest BCUT2D eigenvalue weighted by Gasteiger charge is 2.22. The number of aliphatic hydroxyl groups excluding tert-OH is 1. The monoisotopic (exact) mass is 288 g/mol. The van der Waals surface area contributed by atoms with Crippen LogP contribution in [-0.2, 0) is 6.61 Å². The van der Waals surface area contributed by atoms with E-state index in [4.69, 9.17) is 4.98 Å². The molecule has 21 heavy (non-hydrogen) atoms. The maximum atomic E-state index is 9.71. The minimum Gasteiger partial charge on any atom is -0.390 e. The molecule has 0 atom stereocenters. The number of pyridine rings is 1. The number of hydrogen-bond donors (Lipinski definition) is 1. The van der Waals surface area contributed by atoms with E-state index in [1.54, 1.807) is 0 Å². The van der Waals surface area contributed by atoms with Gasteiger partial charge in [-0.25, -0.2) is 4.98 Å². The van der Waals surface area contributed by atoms with Crippen molar-refractivity contribution < 1.29 is 5.11 Å². The number of anilines is 1. The van der Waals surface area contributed by atoms with Crippen LogP contribution in [0.25, 0.3) is 5.65 Å². The van der Waals surface area contributed by atoms with Gasteiger partial charge in [0.15, 0.2) is 5.82 Å². The fourth-order valence-corrected chi connectivity index (χ4v) is 3.09. The Morgan fingerprint density at radius 2 is 1.95 bits per heavy atom. The van der Waals surface area contributed by atoms with Crippen LogP contribution in [0.3, 0.4) is 0 Å². The van der Waals surface area contributed by atoms with E-state index in [1.807, 2.05) is 28.8 Å². The Hall–Kier alpha value is -1.59. The van der Waals surface area contributed by atoms with Gasteiger partial charge in [-0.05, 0) is 18.1 Å². The molecule has 0 bridgehead atoms. The predicted octanol–water partition coefficient (Wildman–Crippen LogP) is 1.60. The van der Waals surface area contributed by atoms with Gasteiger partial charge in [0.1, 0.15) is 5.65 Å². The third kappa shape index (κ3) is 2.89. The first-order chi connectivity index (χ1) is 10.2. The molecule has 0 aliphatic carbocycles. The van der Waals surface area contributed by atoms with Crippen LogP contribution in [0.15, 0.2) is 24.4 Å². The topological polar surface area (TPSA) is 44.0 Å². The molecular formula is C16H24N4O. The molecule has 1 aliphatic rings. The van der Waals surface area contributed by atoms with Gasteiger partial charge in [-0.3, -0.25) is 9.30 Å². The molecule has 1 fully saturated rings. The Bertz CT molecular complexity index is 599. The predicted molar refractivity (Wildman–Crippen MR) is 84.6 cm³/mol. The molecule has 2 aromatic heterocycles. The second-order valence-electron chi connectivity index (χ2n) is 6.15. The highest BCUT2D eigenvalue weighted by atomic mass is 16.3. The zero-order valence-corrected chi connectivity index (χ0v) is 12.9. The first-order valence-corrected chi connectivity index (χ1v) is 7.73. The first kappa shape index (κ1) is 14.4. The average Bonchev–Trinajstić information content (AvgIpc) is 2.86. The van der Waals surface area contributed by atoms with Crippen LogP contribution in [0.5, 0.6) is 0 Å². The molecule has 3 rings (SSSR count). The smallest absolute Gasteiger partial charge is 0.153 e. The Balaban J connectivity index is 1.79. The van der Waals surface area contributed by atoms with Crippen molar-refractivity contribution >= 4 is 11.5 Å². The molecule has 2 aromatic rings. The molecule has 5 nitrogen and oxygen atoms in total. The second-order valence-corrected chi connectivity index (χ2v) is 6.15. The number of rotatable bonds is 4. The lowest BCUT2D eigenvalue weighted by molar-refractivity contribution is 0.230. The van der Waals surface area contributed by atoms with Gasteiger partial charge in [0.05, 0.1) is 12.3 Å². The second kappa shape index (κ2) is 6.03. The molecule has 5 heteroatoms. The lowest BCUT2D eigenvalue weighted by Crippen LogP contribution is -2.47. The molecule has 1 N–H and O–H groups in total. The number of hydrogen-bond acceptors (Lipinski definition) is 4. The molecule has 0 unspecified atom stereocenters. The van der Waals surface area contributed by atoms with Gasteiger partial charge in [-0.15, -0.1) is 0 Å². The molecule has 1 aliphatic heterocycles. The van der Waals surface area contributed by atoms with Crippen LogP contribution < -0.4 is 4.90 Å². The molecule has 0 aromatic carbocycles. The van der Waals surface area contributed by atoms with Crippen LogP contribution >= 0.6 is 0 Å². The largest absolute Gasteiger partial charge is 0.390 e. The first-order valence-electron chi connectivity index (χ1n) is 7.73. The molecule has 0 saturated carbocycles. The van der Waals surface area contributed by atoms with Crippen LogP contribution in [0.1, 0.15) is 19.5 Å². The Morgan fingerprint density at radius 1 is 1.19 bits per heavy atom. The summed E-state index contributed by atoms with van der Waals surface area (Å²) in [6.45, 7) is 9.79. The van der Waals surface area contributed by atoms with E-state index >= 15 is 0 Å². The Kier molecular flexibility index (Phi) is 4.12. The fraction of sp³-hybridized carbons (Fsp3) is 0.562. The van der Waals surface area contributed by atoms with E-state index < -0.39 is 0 Å². The SMILES string of the molecule is CC(C)CN1CCN(c2nc3ccccn3c2CO)CC1. The standard InChI is InChI=1S/C16H24N4O/c1-13(2)11-18-7-9-19(10-8-18)16-14(12-21)20-6-4-3-5-15(20)17-16/h3-6,13,21H,7-12H2,1-2H3. The van der Waals surface area contributed by atoms with E-state index in [2.05, 4.69) is 23.6 Å².